The van der Waals surface area contributed by atoms with Crippen molar-refractivity contribution >= 4 is 5.91 Å². The molecule has 0 aromatic rings. The SMILES string of the molecule is CC(C)COCCCCC(=O)NN. The number of nitrogens with one attached hydrogen (secondary N) is 1. The molecule has 0 aromatic heterocycles. The maximum absolute atomic E-state index is 10.7. The van der Waals surface area contributed by atoms with Gasteiger partial charge in [-0.2, -0.15) is 0 Å². The van der Waals surface area contributed by atoms with Crippen molar-refractivity contribution in [1.82, 2.24) is 5.43 Å². The van der Waals surface area contributed by atoms with Crippen molar-refractivity contribution in [1.29, 1.82) is 0 Å². The van der Waals surface area contributed by atoms with Crippen molar-refractivity contribution in [2.75, 3.05) is 13.2 Å². The van der Waals surface area contributed by atoms with Gasteiger partial charge in [0, 0.05) is 19.6 Å². The first-order valence-electron chi connectivity index (χ1n) is 4.74. The van der Waals surface area contributed by atoms with Crippen molar-refractivity contribution in [3.05, 3.63) is 0 Å². The average Bonchev–Trinajstić information content (AvgIpc) is 2.10. The van der Waals surface area contributed by atoms with Gasteiger partial charge < -0.3 is 4.74 Å². The Labute approximate surface area is 79.8 Å². The van der Waals surface area contributed by atoms with Crippen LogP contribution in [0.3, 0.4) is 0 Å². The first-order valence-corrected chi connectivity index (χ1v) is 4.74. The Bertz CT molecular complexity index is 138. The van der Waals surface area contributed by atoms with Crippen LogP contribution in [-0.2, 0) is 9.53 Å². The minimum absolute atomic E-state index is 0.108. The fourth-order valence-corrected chi connectivity index (χ4v) is 0.881. The predicted octanol–water partition coefficient (Wildman–Crippen LogP) is 0.819. The molecule has 78 valence electrons. The minimum atomic E-state index is -0.108. The van der Waals surface area contributed by atoms with E-state index in [1.54, 1.807) is 0 Å². The topological polar surface area (TPSA) is 64.3 Å². The Morgan fingerprint density at radius 3 is 2.69 bits per heavy atom. The molecule has 0 aromatic carbocycles. The first-order chi connectivity index (χ1) is 6.16. The maximum atomic E-state index is 10.7. The van der Waals surface area contributed by atoms with E-state index in [9.17, 15) is 4.79 Å². The van der Waals surface area contributed by atoms with E-state index in [2.05, 4.69) is 19.3 Å². The third-order valence-electron chi connectivity index (χ3n) is 1.55. The number of carbonyl (C=O) groups is 1. The van der Waals surface area contributed by atoms with Gasteiger partial charge in [0.15, 0.2) is 0 Å². The summed E-state index contributed by atoms with van der Waals surface area (Å²) < 4.78 is 5.35. The van der Waals surface area contributed by atoms with Crippen LogP contribution in [0, 0.1) is 5.92 Å². The van der Waals surface area contributed by atoms with Crippen LogP contribution >= 0.6 is 0 Å². The third-order valence-corrected chi connectivity index (χ3v) is 1.55. The summed E-state index contributed by atoms with van der Waals surface area (Å²) in [5.74, 6) is 5.39. The number of hydrogen-bond donors (Lipinski definition) is 2. The fourth-order valence-electron chi connectivity index (χ4n) is 0.881. The minimum Gasteiger partial charge on any atom is -0.381 e. The van der Waals surface area contributed by atoms with Crippen molar-refractivity contribution in [3.63, 3.8) is 0 Å². The number of unbranched alkanes of at least 4 members (excludes halogenated alkanes) is 1. The molecule has 0 heterocycles. The lowest BCUT2D eigenvalue weighted by atomic mass is 10.2. The molecule has 0 aliphatic heterocycles. The molecular weight excluding hydrogens is 168 g/mol. The smallest absolute Gasteiger partial charge is 0.233 e. The molecule has 3 N–H and O–H groups in total. The van der Waals surface area contributed by atoms with Gasteiger partial charge in [-0.1, -0.05) is 13.8 Å². The van der Waals surface area contributed by atoms with Gasteiger partial charge in [-0.25, -0.2) is 5.84 Å². The van der Waals surface area contributed by atoms with E-state index in [1.165, 1.54) is 0 Å². The van der Waals surface area contributed by atoms with E-state index >= 15 is 0 Å². The first kappa shape index (κ1) is 12.4. The largest absolute Gasteiger partial charge is 0.381 e. The predicted molar refractivity (Wildman–Crippen MR) is 51.8 cm³/mol. The molecule has 0 bridgehead atoms. The molecule has 0 saturated heterocycles. The highest BCUT2D eigenvalue weighted by atomic mass is 16.5. The molecule has 1 amide bonds. The van der Waals surface area contributed by atoms with E-state index in [1.807, 2.05) is 0 Å². The number of amides is 1. The number of rotatable bonds is 7. The summed E-state index contributed by atoms with van der Waals surface area (Å²) in [6.07, 6.45) is 2.24. The number of carbonyl (C=O) groups excluding carboxylic acids is 1. The number of ether oxygens (including phenoxy) is 1. The molecule has 0 aliphatic carbocycles. The lowest BCUT2D eigenvalue weighted by Gasteiger charge is -2.05. The van der Waals surface area contributed by atoms with E-state index in [0.717, 1.165) is 26.1 Å². The van der Waals surface area contributed by atoms with Gasteiger partial charge in [-0.05, 0) is 18.8 Å². The van der Waals surface area contributed by atoms with Crippen LogP contribution in [0.25, 0.3) is 0 Å². The summed E-state index contributed by atoms with van der Waals surface area (Å²) in [6, 6.07) is 0. The molecule has 0 rings (SSSR count). The normalized spacial score (nSPS) is 10.5. The van der Waals surface area contributed by atoms with E-state index in [-0.39, 0.29) is 5.91 Å². The Morgan fingerprint density at radius 2 is 2.15 bits per heavy atom. The Morgan fingerprint density at radius 1 is 1.46 bits per heavy atom. The summed E-state index contributed by atoms with van der Waals surface area (Å²) in [5.41, 5.74) is 2.09. The zero-order valence-corrected chi connectivity index (χ0v) is 8.51. The standard InChI is InChI=1S/C9H20N2O2/c1-8(2)7-13-6-4-3-5-9(12)11-10/h8H,3-7,10H2,1-2H3,(H,11,12). The molecule has 0 spiro atoms. The van der Waals surface area contributed by atoms with E-state index in [0.29, 0.717) is 12.3 Å². The summed E-state index contributed by atoms with van der Waals surface area (Å²) in [5, 5.41) is 0. The Balaban J connectivity index is 3.04. The highest BCUT2D eigenvalue weighted by Gasteiger charge is 1.98. The highest BCUT2D eigenvalue weighted by molar-refractivity contribution is 5.74. The Hall–Kier alpha value is -0.610. The van der Waals surface area contributed by atoms with E-state index < -0.39 is 0 Å². The maximum Gasteiger partial charge on any atom is 0.233 e. The molecule has 4 heteroatoms. The van der Waals surface area contributed by atoms with Crippen molar-refractivity contribution < 1.29 is 9.53 Å². The summed E-state index contributed by atoms with van der Waals surface area (Å²) in [7, 11) is 0. The molecule has 0 atom stereocenters. The monoisotopic (exact) mass is 188 g/mol. The molecular formula is C9H20N2O2. The van der Waals surface area contributed by atoms with Gasteiger partial charge in [0.2, 0.25) is 5.91 Å². The number of hydrazine groups is 1. The zero-order valence-electron chi connectivity index (χ0n) is 8.51. The molecule has 13 heavy (non-hydrogen) atoms. The van der Waals surface area contributed by atoms with Crippen molar-refractivity contribution in [2.24, 2.45) is 11.8 Å². The lowest BCUT2D eigenvalue weighted by molar-refractivity contribution is -0.121. The van der Waals surface area contributed by atoms with Crippen LogP contribution in [0.5, 0.6) is 0 Å². The van der Waals surface area contributed by atoms with Gasteiger partial charge >= 0.3 is 0 Å². The summed E-state index contributed by atoms with van der Waals surface area (Å²) in [6.45, 7) is 5.75. The van der Waals surface area contributed by atoms with Gasteiger partial charge in [-0.15, -0.1) is 0 Å². The number of nitrogens with two attached hydrogens (primary N) is 1. The zero-order chi connectivity index (χ0) is 10.1. The van der Waals surface area contributed by atoms with E-state index in [4.69, 9.17) is 10.6 Å². The number of hydrogen-bond acceptors (Lipinski definition) is 3. The third kappa shape index (κ3) is 9.30. The lowest BCUT2D eigenvalue weighted by Crippen LogP contribution is -2.29. The molecule has 4 nitrogen and oxygen atoms in total. The second-order valence-electron chi connectivity index (χ2n) is 3.49. The second kappa shape index (κ2) is 8.01. The van der Waals surface area contributed by atoms with Gasteiger partial charge in [0.05, 0.1) is 0 Å². The van der Waals surface area contributed by atoms with Crippen molar-refractivity contribution in [3.8, 4) is 0 Å². The van der Waals surface area contributed by atoms with Crippen LogP contribution in [0.4, 0.5) is 0 Å². The van der Waals surface area contributed by atoms with Crippen molar-refractivity contribution in [2.45, 2.75) is 33.1 Å². The van der Waals surface area contributed by atoms with Crippen LogP contribution in [0.1, 0.15) is 33.1 Å². The van der Waals surface area contributed by atoms with Crippen LogP contribution < -0.4 is 11.3 Å². The van der Waals surface area contributed by atoms with Gasteiger partial charge in [-0.3, -0.25) is 10.2 Å². The molecule has 0 aliphatic rings. The summed E-state index contributed by atoms with van der Waals surface area (Å²) >= 11 is 0. The molecule has 0 fully saturated rings. The molecule has 0 unspecified atom stereocenters. The van der Waals surface area contributed by atoms with Gasteiger partial charge in [0.1, 0.15) is 0 Å². The molecule has 0 radical (unpaired) electrons. The highest BCUT2D eigenvalue weighted by Crippen LogP contribution is 1.98. The Kier molecular flexibility index (Phi) is 7.63. The van der Waals surface area contributed by atoms with Crippen LogP contribution in [0.2, 0.25) is 0 Å². The van der Waals surface area contributed by atoms with Crippen LogP contribution in [0.15, 0.2) is 0 Å². The van der Waals surface area contributed by atoms with Crippen LogP contribution in [-0.4, -0.2) is 19.1 Å². The van der Waals surface area contributed by atoms with Gasteiger partial charge in [0.25, 0.3) is 0 Å². The average molecular weight is 188 g/mol. The fraction of sp³-hybridized carbons (Fsp3) is 0.889. The molecule has 0 saturated carbocycles. The quantitative estimate of drug-likeness (QED) is 0.269. The summed E-state index contributed by atoms with van der Waals surface area (Å²) in [4.78, 5) is 10.7. The second-order valence-corrected chi connectivity index (χ2v) is 3.49.